The fraction of sp³-hybridized carbons (Fsp3) is 0. The number of hydrogen-bond acceptors (Lipinski definition) is 3. The third-order valence-electron chi connectivity index (χ3n) is 1.13. The van der Waals surface area contributed by atoms with Crippen LogP contribution in [0.5, 0.6) is 5.75 Å². The molecule has 0 radical (unpaired) electrons. The molecule has 3 nitrogen and oxygen atoms in total. The lowest BCUT2D eigenvalue weighted by Gasteiger charge is -2.05. The topological polar surface area (TPSA) is 49.7 Å². The molecule has 0 unspecified atom stereocenters. The van der Waals surface area contributed by atoms with E-state index in [9.17, 15) is 4.39 Å². The summed E-state index contributed by atoms with van der Waals surface area (Å²) in [6, 6.07) is 3.36. The minimum absolute atomic E-state index is 0.105. The quantitative estimate of drug-likeness (QED) is 0.679. The van der Waals surface area contributed by atoms with E-state index in [-0.39, 0.29) is 10.8 Å². The summed E-state index contributed by atoms with van der Waals surface area (Å²) in [5.74, 6) is -0.665. The highest BCUT2D eigenvalue weighted by atomic mass is 35.5. The van der Waals surface area contributed by atoms with Crippen molar-refractivity contribution < 1.29 is 19.1 Å². The van der Waals surface area contributed by atoms with E-state index < -0.39 is 13.1 Å². The molecule has 0 atom stereocenters. The number of hydrogen-bond donors (Lipinski definition) is 2. The van der Waals surface area contributed by atoms with Crippen molar-refractivity contribution in [1.82, 2.24) is 0 Å². The van der Waals surface area contributed by atoms with Crippen LogP contribution in [0.25, 0.3) is 0 Å². The lowest BCUT2D eigenvalue weighted by Crippen LogP contribution is -2.20. The van der Waals surface area contributed by atoms with Crippen LogP contribution in [0, 0.1) is 5.82 Å². The summed E-state index contributed by atoms with van der Waals surface area (Å²) in [6.45, 7) is 0. The average Bonchev–Trinajstić information content (AvgIpc) is 1.96. The molecular weight excluding hydrogens is 185 g/mol. The van der Waals surface area contributed by atoms with Crippen LogP contribution in [0.3, 0.4) is 0 Å². The van der Waals surface area contributed by atoms with Crippen molar-refractivity contribution in [3.8, 4) is 5.75 Å². The number of benzene rings is 1. The van der Waals surface area contributed by atoms with Gasteiger partial charge in [0.25, 0.3) is 0 Å². The van der Waals surface area contributed by atoms with E-state index in [1.54, 1.807) is 0 Å². The maximum absolute atomic E-state index is 12.5. The van der Waals surface area contributed by atoms with Gasteiger partial charge in [-0.2, -0.15) is 0 Å². The molecule has 6 heteroatoms. The van der Waals surface area contributed by atoms with Crippen LogP contribution >= 0.6 is 11.6 Å². The molecule has 1 rings (SSSR count). The van der Waals surface area contributed by atoms with Gasteiger partial charge in [-0.05, 0) is 12.1 Å². The van der Waals surface area contributed by atoms with Gasteiger partial charge in [-0.1, -0.05) is 11.6 Å². The van der Waals surface area contributed by atoms with E-state index in [0.717, 1.165) is 12.1 Å². The Bertz CT molecular complexity index is 281. The first-order chi connectivity index (χ1) is 5.59. The zero-order chi connectivity index (χ0) is 9.14. The molecule has 0 aliphatic heterocycles. The van der Waals surface area contributed by atoms with Gasteiger partial charge in [0.2, 0.25) is 0 Å². The minimum atomic E-state index is -2.00. The molecule has 1 aromatic carbocycles. The van der Waals surface area contributed by atoms with Crippen LogP contribution in [0.4, 0.5) is 4.39 Å². The zero-order valence-electron chi connectivity index (χ0n) is 5.87. The molecule has 0 saturated carbocycles. The molecule has 1 aromatic rings. The highest BCUT2D eigenvalue weighted by molar-refractivity contribution is 6.36. The maximum Gasteiger partial charge on any atom is 0.707 e. The third-order valence-corrected chi connectivity index (χ3v) is 1.44. The molecule has 12 heavy (non-hydrogen) atoms. The van der Waals surface area contributed by atoms with Crippen molar-refractivity contribution in [3.63, 3.8) is 0 Å². The third kappa shape index (κ3) is 2.37. The highest BCUT2D eigenvalue weighted by Gasteiger charge is 2.13. The van der Waals surface area contributed by atoms with Gasteiger partial charge >= 0.3 is 7.32 Å². The highest BCUT2D eigenvalue weighted by Crippen LogP contribution is 2.24. The van der Waals surface area contributed by atoms with Crippen molar-refractivity contribution in [3.05, 3.63) is 29.0 Å². The van der Waals surface area contributed by atoms with E-state index in [1.807, 2.05) is 0 Å². The Balaban J connectivity index is 2.90. The van der Waals surface area contributed by atoms with Gasteiger partial charge in [0, 0.05) is 6.07 Å². The van der Waals surface area contributed by atoms with Crippen molar-refractivity contribution in [2.24, 2.45) is 0 Å². The van der Waals surface area contributed by atoms with Crippen LogP contribution in [-0.2, 0) is 0 Å². The largest absolute Gasteiger partial charge is 0.707 e. The molecule has 0 bridgehead atoms. The monoisotopic (exact) mass is 190 g/mol. The fourth-order valence-electron chi connectivity index (χ4n) is 0.681. The summed E-state index contributed by atoms with van der Waals surface area (Å²) in [5.41, 5.74) is 0. The zero-order valence-corrected chi connectivity index (χ0v) is 6.62. The lowest BCUT2D eigenvalue weighted by atomic mass is 10.2. The molecule has 0 heterocycles. The van der Waals surface area contributed by atoms with Crippen LogP contribution < -0.4 is 4.65 Å². The predicted octanol–water partition coefficient (Wildman–Crippen LogP) is 0.827. The predicted molar refractivity (Wildman–Crippen MR) is 42.2 cm³/mol. The second-order valence-electron chi connectivity index (χ2n) is 2.02. The van der Waals surface area contributed by atoms with E-state index in [2.05, 4.69) is 4.65 Å². The van der Waals surface area contributed by atoms with Crippen molar-refractivity contribution in [2.45, 2.75) is 0 Å². The van der Waals surface area contributed by atoms with E-state index >= 15 is 0 Å². The molecule has 0 aliphatic carbocycles. The molecule has 0 fully saturated rings. The first-order valence-corrected chi connectivity index (χ1v) is 3.45. The Hall–Kier alpha value is -0.775. The molecule has 64 valence electrons. The van der Waals surface area contributed by atoms with Crippen LogP contribution in [0.2, 0.25) is 5.02 Å². The second-order valence-corrected chi connectivity index (χ2v) is 2.43. The summed E-state index contributed by atoms with van der Waals surface area (Å²) < 4.78 is 16.9. The van der Waals surface area contributed by atoms with E-state index in [4.69, 9.17) is 21.6 Å². The molecular formula is C6H5BClFO3. The first kappa shape index (κ1) is 9.31. The normalized spacial score (nSPS) is 9.67. The number of halogens is 2. The second kappa shape index (κ2) is 3.75. The van der Waals surface area contributed by atoms with E-state index in [1.165, 1.54) is 6.07 Å². The summed E-state index contributed by atoms with van der Waals surface area (Å²) in [5, 5.41) is 16.9. The molecule has 0 saturated heterocycles. The molecule has 0 amide bonds. The Morgan fingerprint density at radius 2 is 2.08 bits per heavy atom. The average molecular weight is 190 g/mol. The smallest absolute Gasteiger partial charge is 0.511 e. The van der Waals surface area contributed by atoms with Gasteiger partial charge in [-0.15, -0.1) is 0 Å². The van der Waals surface area contributed by atoms with Gasteiger partial charge < -0.3 is 14.7 Å². The Morgan fingerprint density at radius 3 is 2.67 bits per heavy atom. The van der Waals surface area contributed by atoms with Crippen molar-refractivity contribution in [2.75, 3.05) is 0 Å². The molecule has 2 N–H and O–H groups in total. The van der Waals surface area contributed by atoms with E-state index in [0.29, 0.717) is 0 Å². The van der Waals surface area contributed by atoms with Crippen LogP contribution in [0.1, 0.15) is 0 Å². The Kier molecular flexibility index (Phi) is 2.91. The summed E-state index contributed by atoms with van der Waals surface area (Å²) in [6.07, 6.45) is 0. The van der Waals surface area contributed by atoms with Gasteiger partial charge in [0.05, 0.1) is 5.02 Å². The van der Waals surface area contributed by atoms with Gasteiger partial charge in [0.15, 0.2) is 0 Å². The first-order valence-electron chi connectivity index (χ1n) is 3.07. The Labute approximate surface area is 73.5 Å². The van der Waals surface area contributed by atoms with Crippen molar-refractivity contribution in [1.29, 1.82) is 0 Å². The summed E-state index contributed by atoms with van der Waals surface area (Å²) in [7, 11) is -2.00. The van der Waals surface area contributed by atoms with Gasteiger partial charge in [0.1, 0.15) is 11.6 Å². The van der Waals surface area contributed by atoms with Gasteiger partial charge in [-0.25, -0.2) is 4.39 Å². The fourth-order valence-corrected chi connectivity index (χ4v) is 0.843. The number of rotatable bonds is 2. The summed E-state index contributed by atoms with van der Waals surface area (Å²) >= 11 is 5.53. The maximum atomic E-state index is 12.5. The minimum Gasteiger partial charge on any atom is -0.511 e. The lowest BCUT2D eigenvalue weighted by molar-refractivity contribution is 0.287. The van der Waals surface area contributed by atoms with Gasteiger partial charge in [-0.3, -0.25) is 0 Å². The molecule has 0 spiro atoms. The Morgan fingerprint density at radius 1 is 1.42 bits per heavy atom. The van der Waals surface area contributed by atoms with Crippen LogP contribution in [0.15, 0.2) is 18.2 Å². The molecule has 0 aromatic heterocycles. The SMILES string of the molecule is OB(O)Oc1cc(F)ccc1Cl. The van der Waals surface area contributed by atoms with Crippen molar-refractivity contribution >= 4 is 18.9 Å². The summed E-state index contributed by atoms with van der Waals surface area (Å²) in [4.78, 5) is 0. The van der Waals surface area contributed by atoms with Crippen LogP contribution in [-0.4, -0.2) is 17.4 Å². The standard InChI is InChI=1S/C6H5BClFO3/c8-5-2-1-4(9)3-6(5)12-7(10)11/h1-3,10-11H. The molecule has 0 aliphatic rings.